The van der Waals surface area contributed by atoms with E-state index in [0.29, 0.717) is 48.4 Å². The Kier molecular flexibility index (Phi) is 7.80. The highest BCUT2D eigenvalue weighted by Gasteiger charge is 2.81. The minimum atomic E-state index is -3.67. The Hall–Kier alpha value is 0.995. The molecular weight excluding hydrogens is 621 g/mol. The predicted octanol–water partition coefficient (Wildman–Crippen LogP) is 4.09. The lowest BCUT2D eigenvalue weighted by molar-refractivity contribution is -0.0281. The van der Waals surface area contributed by atoms with E-state index in [1.54, 1.807) is 6.08 Å². The SMILES string of the molecule is C=CC[Si]12O[Si]3(CC)O[Si]4(CC)O[Si]5(CC)O[Si](CC)(O3)O[Si](CC)(O[Si](CC)(O5)O[Si](CC)(O4)O1)O2. The van der Waals surface area contributed by atoms with Gasteiger partial charge in [-0.05, 0) is 0 Å². The first-order chi connectivity index (χ1) is 17.5. The largest absolute Gasteiger partial charge is 0.482 e. The molecule has 0 aromatic carbocycles. The molecule has 6 aliphatic heterocycles. The highest BCUT2D eigenvalue weighted by molar-refractivity contribution is 7.03. The second kappa shape index (κ2) is 9.78. The van der Waals surface area contributed by atoms with Crippen molar-refractivity contribution in [2.75, 3.05) is 0 Å². The molecular formula is C17H40O12Si8. The maximum atomic E-state index is 7.03. The second-order valence-corrected chi connectivity index (χ2v) is 35.7. The lowest BCUT2D eigenvalue weighted by Gasteiger charge is -2.62. The molecule has 6 heterocycles. The molecule has 8 bridgehead atoms. The van der Waals surface area contributed by atoms with Crippen molar-refractivity contribution in [2.24, 2.45) is 0 Å². The molecule has 0 amide bonds. The molecule has 6 saturated heterocycles. The maximum absolute atomic E-state index is 7.03. The molecule has 37 heavy (non-hydrogen) atoms. The number of rotatable bonds is 9. The van der Waals surface area contributed by atoms with Crippen LogP contribution in [0.4, 0.5) is 0 Å². The van der Waals surface area contributed by atoms with Crippen molar-refractivity contribution < 1.29 is 49.4 Å². The van der Waals surface area contributed by atoms with Gasteiger partial charge in [-0.15, -0.1) is 6.58 Å². The number of hydrogen-bond donors (Lipinski definition) is 0. The van der Waals surface area contributed by atoms with Crippen LogP contribution in [0.3, 0.4) is 0 Å². The highest BCUT2D eigenvalue weighted by Crippen LogP contribution is 2.52. The summed E-state index contributed by atoms with van der Waals surface area (Å²) in [5, 5.41) is 0. The lowest BCUT2D eigenvalue weighted by atomic mass is 10.8. The van der Waals surface area contributed by atoms with Crippen LogP contribution < -0.4 is 0 Å². The molecule has 0 aromatic heterocycles. The average molecular weight is 661 g/mol. The van der Waals surface area contributed by atoms with E-state index in [2.05, 4.69) is 6.58 Å². The summed E-state index contributed by atoms with van der Waals surface area (Å²) in [7, 11) is -28.7. The van der Waals surface area contributed by atoms with E-state index in [4.69, 9.17) is 49.4 Å². The molecule has 0 aliphatic carbocycles. The fourth-order valence-corrected chi connectivity index (χ4v) is 54.4. The molecule has 212 valence electrons. The van der Waals surface area contributed by atoms with Gasteiger partial charge >= 0.3 is 70.4 Å². The van der Waals surface area contributed by atoms with E-state index >= 15 is 0 Å². The molecule has 0 aromatic rings. The van der Waals surface area contributed by atoms with Gasteiger partial charge in [0, 0.05) is 48.4 Å². The zero-order valence-electron chi connectivity index (χ0n) is 22.8. The normalized spacial score (nSPS) is 52.7. The molecule has 0 radical (unpaired) electrons. The van der Waals surface area contributed by atoms with E-state index in [1.807, 2.05) is 48.5 Å². The fraction of sp³-hybridized carbons (Fsp3) is 0.882. The van der Waals surface area contributed by atoms with Gasteiger partial charge in [0.1, 0.15) is 0 Å². The van der Waals surface area contributed by atoms with Gasteiger partial charge in [0.05, 0.1) is 0 Å². The van der Waals surface area contributed by atoms with Crippen molar-refractivity contribution in [1.29, 1.82) is 0 Å². The fourth-order valence-electron chi connectivity index (χ4n) is 5.16. The van der Waals surface area contributed by atoms with E-state index in [1.165, 1.54) is 0 Å². The maximum Gasteiger partial charge on any atom is 0.482 e. The predicted molar refractivity (Wildman–Crippen MR) is 147 cm³/mol. The van der Waals surface area contributed by atoms with Crippen LogP contribution in [0.5, 0.6) is 0 Å². The van der Waals surface area contributed by atoms with Crippen LogP contribution >= 0.6 is 0 Å². The van der Waals surface area contributed by atoms with Crippen molar-refractivity contribution >= 4 is 70.4 Å². The lowest BCUT2D eigenvalue weighted by Crippen LogP contribution is -2.88. The van der Waals surface area contributed by atoms with Gasteiger partial charge < -0.3 is 49.4 Å². The Morgan fingerprint density at radius 2 is 0.514 bits per heavy atom. The van der Waals surface area contributed by atoms with Crippen LogP contribution in [-0.2, 0) is 49.4 Å². The first kappa shape index (κ1) is 29.5. The average Bonchev–Trinajstić information content (AvgIpc) is 2.83. The van der Waals surface area contributed by atoms with Gasteiger partial charge in [-0.2, -0.15) is 0 Å². The van der Waals surface area contributed by atoms with E-state index < -0.39 is 70.4 Å². The summed E-state index contributed by atoms with van der Waals surface area (Å²) < 4.78 is 84.2. The summed E-state index contributed by atoms with van der Waals surface area (Å²) in [5.74, 6) is 0. The molecule has 6 aliphatic rings. The monoisotopic (exact) mass is 660 g/mol. The van der Waals surface area contributed by atoms with Crippen LogP contribution in [0.2, 0.25) is 48.4 Å². The summed E-state index contributed by atoms with van der Waals surface area (Å²) in [5.41, 5.74) is 0. The summed E-state index contributed by atoms with van der Waals surface area (Å²) >= 11 is 0. The summed E-state index contributed by atoms with van der Waals surface area (Å²) in [6, 6.07) is 3.42. The third-order valence-corrected chi connectivity index (χ3v) is 43.9. The Morgan fingerprint density at radius 1 is 0.351 bits per heavy atom. The van der Waals surface area contributed by atoms with E-state index in [-0.39, 0.29) is 0 Å². The van der Waals surface area contributed by atoms with Gasteiger partial charge in [-0.3, -0.25) is 0 Å². The second-order valence-electron chi connectivity index (χ2n) is 9.66. The van der Waals surface area contributed by atoms with Crippen LogP contribution in [-0.4, -0.2) is 70.4 Å². The zero-order valence-corrected chi connectivity index (χ0v) is 30.8. The van der Waals surface area contributed by atoms with Gasteiger partial charge in [0.25, 0.3) is 0 Å². The van der Waals surface area contributed by atoms with Crippen LogP contribution in [0, 0.1) is 0 Å². The van der Waals surface area contributed by atoms with Crippen molar-refractivity contribution in [3.63, 3.8) is 0 Å². The van der Waals surface area contributed by atoms with Crippen LogP contribution in [0.1, 0.15) is 48.5 Å². The minimum absolute atomic E-state index is 0.301. The standard InChI is InChI=1S/C17H40O12Si8/c1-9-17-37-27-34(14-6)21-31(11-3)18-30(10-2)19-32(12-4,23-34)25-36(16-8,29-37)26-33(13-5,20-30)24-35(15-7,22-31)28-37/h9H,1,10-17H2,2-8H3. The topological polar surface area (TPSA) is 111 Å². The smallest absolute Gasteiger partial charge is 0.373 e. The van der Waals surface area contributed by atoms with E-state index in [9.17, 15) is 0 Å². The molecule has 20 heteroatoms. The molecule has 12 nitrogen and oxygen atoms in total. The Bertz CT molecular complexity index is 793. The first-order valence-corrected chi connectivity index (χ1v) is 28.9. The van der Waals surface area contributed by atoms with Crippen molar-refractivity contribution in [3.8, 4) is 0 Å². The molecule has 6 rings (SSSR count). The van der Waals surface area contributed by atoms with Gasteiger partial charge in [0.2, 0.25) is 0 Å². The third-order valence-electron chi connectivity index (χ3n) is 7.16. The highest BCUT2D eigenvalue weighted by atomic mass is 28.6. The molecule has 0 N–H and O–H groups in total. The Labute approximate surface area is 228 Å². The third kappa shape index (κ3) is 4.72. The Morgan fingerprint density at radius 3 is 0.649 bits per heavy atom. The van der Waals surface area contributed by atoms with Crippen molar-refractivity contribution in [1.82, 2.24) is 0 Å². The molecule has 0 atom stereocenters. The van der Waals surface area contributed by atoms with Gasteiger partial charge in [-0.25, -0.2) is 0 Å². The minimum Gasteiger partial charge on any atom is -0.373 e. The van der Waals surface area contributed by atoms with Crippen LogP contribution in [0.25, 0.3) is 0 Å². The van der Waals surface area contributed by atoms with Gasteiger partial charge in [-0.1, -0.05) is 54.5 Å². The summed E-state index contributed by atoms with van der Waals surface area (Å²) in [6.45, 7) is 17.8. The molecule has 0 unspecified atom stereocenters. The van der Waals surface area contributed by atoms with Gasteiger partial charge in [0.15, 0.2) is 0 Å². The van der Waals surface area contributed by atoms with Crippen molar-refractivity contribution in [3.05, 3.63) is 12.7 Å². The summed E-state index contributed by atoms with van der Waals surface area (Å²) in [6.07, 6.45) is 1.74. The van der Waals surface area contributed by atoms with Crippen LogP contribution in [0.15, 0.2) is 12.7 Å². The zero-order chi connectivity index (χ0) is 26.8. The summed E-state index contributed by atoms with van der Waals surface area (Å²) in [4.78, 5) is 0. The number of allylic oxidation sites excluding steroid dienone is 1. The molecule has 0 saturated carbocycles. The number of hydrogen-bond acceptors (Lipinski definition) is 12. The molecule has 6 fully saturated rings. The van der Waals surface area contributed by atoms with Crippen molar-refractivity contribution in [2.45, 2.75) is 96.8 Å². The first-order valence-electron chi connectivity index (χ1n) is 13.5. The quantitative estimate of drug-likeness (QED) is 0.262. The molecule has 0 spiro atoms. The van der Waals surface area contributed by atoms with E-state index in [0.717, 1.165) is 0 Å². The Balaban J connectivity index is 1.87.